The van der Waals surface area contributed by atoms with Crippen LogP contribution in [0.4, 0.5) is 0 Å². The van der Waals surface area contributed by atoms with Crippen molar-refractivity contribution >= 4 is 28.5 Å². The highest BCUT2D eigenvalue weighted by molar-refractivity contribution is 5.95. The largest absolute Gasteiger partial charge is 0.383 e. The molecule has 3 aromatic rings. The molecule has 8 heteroatoms. The number of methoxy groups -OCH3 is 1. The van der Waals surface area contributed by atoms with Crippen LogP contribution in [0.3, 0.4) is 0 Å². The van der Waals surface area contributed by atoms with E-state index in [1.165, 1.54) is 15.9 Å². The summed E-state index contributed by atoms with van der Waals surface area (Å²) in [5.74, 6) is -0.916. The molecule has 3 rings (SSSR count). The smallest absolute Gasteiger partial charge is 0.246 e. The molecule has 3 N–H and O–H groups in total. The van der Waals surface area contributed by atoms with Crippen molar-refractivity contribution in [2.75, 3.05) is 34.4 Å². The number of likely N-dealkylation sites (N-methyl/N-ethyl adjacent to an activating group) is 2. The zero-order valence-electron chi connectivity index (χ0n) is 25.4. The van der Waals surface area contributed by atoms with Crippen LogP contribution in [-0.4, -0.2) is 79.5 Å². The van der Waals surface area contributed by atoms with Crippen molar-refractivity contribution < 1.29 is 19.1 Å². The Bertz CT molecular complexity index is 1370. The van der Waals surface area contributed by atoms with E-state index in [0.29, 0.717) is 26.0 Å². The predicted octanol–water partition coefficient (Wildman–Crippen LogP) is 3.73. The van der Waals surface area contributed by atoms with Crippen molar-refractivity contribution in [2.24, 2.45) is 5.73 Å². The number of carbonyl (C=O) groups excluding carboxylic acids is 3. The molecule has 42 heavy (non-hydrogen) atoms. The number of nitrogens with one attached hydrogen (secondary N) is 1. The van der Waals surface area contributed by atoms with Crippen LogP contribution in [-0.2, 0) is 32.0 Å². The summed E-state index contributed by atoms with van der Waals surface area (Å²) in [6.45, 7) is 4.45. The summed E-state index contributed by atoms with van der Waals surface area (Å²) in [5, 5.41) is 5.02. The Kier molecular flexibility index (Phi) is 11.8. The molecule has 0 aliphatic rings. The topological polar surface area (TPSA) is 105 Å². The van der Waals surface area contributed by atoms with E-state index in [4.69, 9.17) is 10.5 Å². The molecule has 0 radical (unpaired) electrons. The summed E-state index contributed by atoms with van der Waals surface area (Å²) >= 11 is 0. The van der Waals surface area contributed by atoms with Crippen molar-refractivity contribution in [1.82, 2.24) is 15.1 Å². The van der Waals surface area contributed by atoms with Crippen molar-refractivity contribution in [2.45, 2.75) is 50.7 Å². The van der Waals surface area contributed by atoms with Crippen LogP contribution < -0.4 is 11.1 Å². The first kappa shape index (κ1) is 32.5. The van der Waals surface area contributed by atoms with Crippen molar-refractivity contribution in [3.05, 3.63) is 96.1 Å². The van der Waals surface area contributed by atoms with Crippen LogP contribution in [0.15, 0.2) is 84.9 Å². The molecule has 0 fully saturated rings. The maximum atomic E-state index is 14.2. The molecule has 0 aromatic heterocycles. The molecule has 0 bridgehead atoms. The summed E-state index contributed by atoms with van der Waals surface area (Å²) in [6.07, 6.45) is 4.33. The lowest BCUT2D eigenvalue weighted by atomic mass is 9.98. The monoisotopic (exact) mass is 572 g/mol. The number of nitrogens with zero attached hydrogens (tertiary/aromatic N) is 2. The fourth-order valence-electron chi connectivity index (χ4n) is 4.74. The van der Waals surface area contributed by atoms with Gasteiger partial charge in [-0.1, -0.05) is 78.9 Å². The number of ether oxygens (including phenoxy) is 1. The van der Waals surface area contributed by atoms with Gasteiger partial charge >= 0.3 is 0 Å². The Morgan fingerprint density at radius 3 is 2.19 bits per heavy atom. The first-order valence-electron chi connectivity index (χ1n) is 14.3. The Balaban J connectivity index is 1.94. The molecule has 3 aromatic carbocycles. The number of amides is 3. The molecule has 3 amide bonds. The third-order valence-electron chi connectivity index (χ3n) is 7.24. The van der Waals surface area contributed by atoms with Gasteiger partial charge in [0.25, 0.3) is 0 Å². The van der Waals surface area contributed by atoms with Crippen LogP contribution in [0.25, 0.3) is 10.8 Å². The summed E-state index contributed by atoms with van der Waals surface area (Å²) < 4.78 is 5.09. The van der Waals surface area contributed by atoms with E-state index in [2.05, 4.69) is 5.32 Å². The minimum atomic E-state index is -0.843. The third-order valence-corrected chi connectivity index (χ3v) is 7.24. The van der Waals surface area contributed by atoms with Gasteiger partial charge in [0.1, 0.15) is 12.1 Å². The van der Waals surface area contributed by atoms with Crippen molar-refractivity contribution in [3.63, 3.8) is 0 Å². The van der Waals surface area contributed by atoms with Crippen molar-refractivity contribution in [1.29, 1.82) is 0 Å². The quantitative estimate of drug-likeness (QED) is 0.226. The number of fused-ring (bicyclic) bond motifs is 1. The minimum absolute atomic E-state index is 0.282. The van der Waals surface area contributed by atoms with E-state index in [9.17, 15) is 14.4 Å². The van der Waals surface area contributed by atoms with Gasteiger partial charge in [-0.05, 0) is 48.2 Å². The van der Waals surface area contributed by atoms with Gasteiger partial charge in [0.15, 0.2) is 0 Å². The van der Waals surface area contributed by atoms with E-state index in [-0.39, 0.29) is 24.1 Å². The predicted molar refractivity (Wildman–Crippen MR) is 168 cm³/mol. The highest BCUT2D eigenvalue weighted by Crippen LogP contribution is 2.20. The highest BCUT2D eigenvalue weighted by atomic mass is 16.5. The molecular formula is C34H44N4O4. The second-order valence-corrected chi connectivity index (χ2v) is 11.4. The van der Waals surface area contributed by atoms with Gasteiger partial charge < -0.3 is 25.6 Å². The van der Waals surface area contributed by atoms with Gasteiger partial charge in [0.2, 0.25) is 17.7 Å². The average Bonchev–Trinajstić information content (AvgIpc) is 2.97. The summed E-state index contributed by atoms with van der Waals surface area (Å²) in [5.41, 5.74) is 7.45. The third kappa shape index (κ3) is 9.53. The highest BCUT2D eigenvalue weighted by Gasteiger charge is 2.34. The number of hydrogen-bond donors (Lipinski definition) is 2. The van der Waals surface area contributed by atoms with Gasteiger partial charge in [-0.25, -0.2) is 0 Å². The molecule has 0 unspecified atom stereocenters. The molecule has 8 nitrogen and oxygen atoms in total. The Hall–Kier alpha value is -4.01. The maximum Gasteiger partial charge on any atom is 0.246 e. The normalized spacial score (nSPS) is 13.1. The van der Waals surface area contributed by atoms with Crippen LogP contribution in [0.1, 0.15) is 31.4 Å². The lowest BCUT2D eigenvalue weighted by Crippen LogP contribution is -2.56. The number of benzene rings is 3. The van der Waals surface area contributed by atoms with E-state index < -0.39 is 17.6 Å². The van der Waals surface area contributed by atoms with Crippen LogP contribution in [0.2, 0.25) is 0 Å². The molecule has 0 saturated carbocycles. The van der Waals surface area contributed by atoms with Gasteiger partial charge in [-0.2, -0.15) is 0 Å². The zero-order valence-corrected chi connectivity index (χ0v) is 25.4. The lowest BCUT2D eigenvalue weighted by Gasteiger charge is -2.34. The number of nitrogens with two attached hydrogens (primary N) is 1. The van der Waals surface area contributed by atoms with E-state index in [0.717, 1.165) is 21.9 Å². The summed E-state index contributed by atoms with van der Waals surface area (Å²) in [4.78, 5) is 43.8. The van der Waals surface area contributed by atoms with E-state index in [1.54, 1.807) is 27.3 Å². The molecule has 0 saturated heterocycles. The number of hydrogen-bond acceptors (Lipinski definition) is 5. The maximum absolute atomic E-state index is 14.2. The summed E-state index contributed by atoms with van der Waals surface area (Å²) in [7, 11) is 4.82. The fourth-order valence-corrected chi connectivity index (χ4v) is 4.74. The molecule has 0 spiro atoms. The first-order chi connectivity index (χ1) is 20.0. The molecule has 0 aliphatic heterocycles. The van der Waals surface area contributed by atoms with Crippen LogP contribution >= 0.6 is 0 Å². The van der Waals surface area contributed by atoms with Gasteiger partial charge in [0.05, 0.1) is 6.61 Å². The van der Waals surface area contributed by atoms with Crippen LogP contribution in [0, 0.1) is 0 Å². The minimum Gasteiger partial charge on any atom is -0.383 e. The van der Waals surface area contributed by atoms with E-state index >= 15 is 0 Å². The molecule has 0 aliphatic carbocycles. The van der Waals surface area contributed by atoms with Crippen LogP contribution in [0.5, 0.6) is 0 Å². The average molecular weight is 573 g/mol. The standard InChI is InChI=1S/C34H44N4O4/c1-34(2,35)19-11-16-31(39)37(3)30(24-26-17-18-27-14-9-10-15-28(27)22-26)33(41)38(4)29(32(40)36-20-21-42-5)23-25-12-7-6-8-13-25/h6-18,22,29-30H,19-21,23-24,35H2,1-5H3,(H,36,40)/b16-11+/t29-,30-/m1/s1. The Morgan fingerprint density at radius 1 is 0.881 bits per heavy atom. The Labute approximate surface area is 249 Å². The number of rotatable bonds is 14. The lowest BCUT2D eigenvalue weighted by molar-refractivity contribution is -0.146. The van der Waals surface area contributed by atoms with E-state index in [1.807, 2.05) is 86.6 Å². The summed E-state index contributed by atoms with van der Waals surface area (Å²) in [6, 6.07) is 22.0. The van der Waals surface area contributed by atoms with Gasteiger partial charge in [-0.3, -0.25) is 14.4 Å². The van der Waals surface area contributed by atoms with Gasteiger partial charge in [-0.15, -0.1) is 0 Å². The Morgan fingerprint density at radius 2 is 1.52 bits per heavy atom. The molecule has 0 heterocycles. The molecule has 2 atom stereocenters. The first-order valence-corrected chi connectivity index (χ1v) is 14.3. The fraction of sp³-hybridized carbons (Fsp3) is 0.382. The zero-order chi connectivity index (χ0) is 30.7. The van der Waals surface area contributed by atoms with Gasteiger partial charge in [0, 0.05) is 46.1 Å². The SMILES string of the molecule is COCCNC(=O)[C@@H](Cc1ccccc1)N(C)C(=O)[C@@H](Cc1ccc2ccccc2c1)N(C)C(=O)/C=C/CC(C)(C)N. The molecular weight excluding hydrogens is 528 g/mol. The van der Waals surface area contributed by atoms with Crippen molar-refractivity contribution in [3.8, 4) is 0 Å². The second kappa shape index (κ2) is 15.3. The number of carbonyl (C=O) groups is 3. The molecule has 224 valence electrons. The second-order valence-electron chi connectivity index (χ2n) is 11.4.